The first-order valence-electron chi connectivity index (χ1n) is 7.35. The smallest absolute Gasteiger partial charge is 0.270 e. The third kappa shape index (κ3) is 5.95. The molecule has 0 N–H and O–H groups in total. The summed E-state index contributed by atoms with van der Waals surface area (Å²) in [5, 5.41) is 10.8. The summed E-state index contributed by atoms with van der Waals surface area (Å²) >= 11 is 0. The van der Waals surface area contributed by atoms with E-state index in [1.165, 1.54) is 5.56 Å². The summed E-state index contributed by atoms with van der Waals surface area (Å²) in [5.41, 5.74) is 1.33. The molecule has 0 saturated carbocycles. The molecule has 0 aliphatic heterocycles. The predicted molar refractivity (Wildman–Crippen MR) is 79.3 cm³/mol. The Morgan fingerprint density at radius 3 is 2.40 bits per heavy atom. The third-order valence-electron chi connectivity index (χ3n) is 3.51. The van der Waals surface area contributed by atoms with Gasteiger partial charge in [0.1, 0.15) is 0 Å². The van der Waals surface area contributed by atoms with E-state index >= 15 is 0 Å². The maximum atomic E-state index is 11.4. The van der Waals surface area contributed by atoms with Gasteiger partial charge in [-0.25, -0.2) is 0 Å². The van der Waals surface area contributed by atoms with Gasteiger partial charge in [0.2, 0.25) is 5.78 Å². The summed E-state index contributed by atoms with van der Waals surface area (Å²) in [7, 11) is 0. The number of hydrogen-bond acceptors (Lipinski definition) is 3. The molecule has 0 heterocycles. The van der Waals surface area contributed by atoms with Crippen LogP contribution in [0.4, 0.5) is 0 Å². The number of ketones is 1. The topological polar surface area (TPSA) is 60.2 Å². The van der Waals surface area contributed by atoms with Gasteiger partial charge in [-0.3, -0.25) is 14.9 Å². The van der Waals surface area contributed by atoms with Gasteiger partial charge in [-0.2, -0.15) is 0 Å². The van der Waals surface area contributed by atoms with Gasteiger partial charge in [-0.15, -0.1) is 0 Å². The van der Waals surface area contributed by atoms with Crippen LogP contribution in [0, 0.1) is 10.1 Å². The highest BCUT2D eigenvalue weighted by molar-refractivity contribution is 5.82. The first kappa shape index (κ1) is 16.3. The number of unbranched alkanes of at least 4 members (excludes halogenated alkanes) is 3. The molecule has 0 saturated heterocycles. The molecular weight excluding hydrogens is 254 g/mol. The second kappa shape index (κ2) is 9.23. The highest BCUT2D eigenvalue weighted by Crippen LogP contribution is 2.12. The number of rotatable bonds is 10. The van der Waals surface area contributed by atoms with Crippen LogP contribution in [0.1, 0.15) is 51.0 Å². The molecule has 1 atom stereocenters. The van der Waals surface area contributed by atoms with Crippen molar-refractivity contribution in [3.8, 4) is 0 Å². The quantitative estimate of drug-likeness (QED) is 0.371. The van der Waals surface area contributed by atoms with Crippen molar-refractivity contribution >= 4 is 5.78 Å². The number of carbonyl (C=O) groups excluding carboxylic acids is 1. The Morgan fingerprint density at radius 1 is 1.15 bits per heavy atom. The normalized spacial score (nSPS) is 12.1. The average molecular weight is 277 g/mol. The molecular formula is C16H23NO3. The minimum absolute atomic E-state index is 0.250. The van der Waals surface area contributed by atoms with Gasteiger partial charge in [0, 0.05) is 17.8 Å². The molecule has 0 radical (unpaired) electrons. The van der Waals surface area contributed by atoms with E-state index in [0.717, 1.165) is 32.1 Å². The highest BCUT2D eigenvalue weighted by atomic mass is 16.6. The number of nitrogens with zero attached hydrogens (tertiary/aromatic N) is 1. The highest BCUT2D eigenvalue weighted by Gasteiger charge is 2.26. The molecule has 0 aliphatic carbocycles. The molecule has 1 unspecified atom stereocenters. The standard InChI is InChI=1S/C16H23NO3/c1-2-16(18)15(17(19)20)13-9-4-3-6-10-14-11-7-5-8-12-14/h5,7-8,11-12,15H,2-4,6,9-10,13H2,1H3. The molecule has 0 fully saturated rings. The molecule has 4 nitrogen and oxygen atoms in total. The molecule has 0 aliphatic rings. The Hall–Kier alpha value is -1.71. The number of carbonyl (C=O) groups is 1. The van der Waals surface area contributed by atoms with Crippen molar-refractivity contribution in [2.24, 2.45) is 0 Å². The zero-order chi connectivity index (χ0) is 14.8. The third-order valence-corrected chi connectivity index (χ3v) is 3.51. The van der Waals surface area contributed by atoms with Crippen molar-refractivity contribution in [2.75, 3.05) is 0 Å². The van der Waals surface area contributed by atoms with Gasteiger partial charge in [0.25, 0.3) is 6.04 Å². The predicted octanol–water partition coefficient (Wildman–Crippen LogP) is 3.80. The lowest BCUT2D eigenvalue weighted by Crippen LogP contribution is -2.28. The van der Waals surface area contributed by atoms with Gasteiger partial charge < -0.3 is 0 Å². The Bertz CT molecular complexity index is 417. The van der Waals surface area contributed by atoms with Gasteiger partial charge in [0.15, 0.2) is 0 Å². The van der Waals surface area contributed by atoms with Crippen LogP contribution in [-0.4, -0.2) is 16.7 Å². The molecule has 1 aromatic carbocycles. The largest absolute Gasteiger partial charge is 0.292 e. The summed E-state index contributed by atoms with van der Waals surface area (Å²) < 4.78 is 0. The SMILES string of the molecule is CCC(=O)C(CCCCCCc1ccccc1)[N+](=O)[O-]. The molecule has 0 bridgehead atoms. The Balaban J connectivity index is 2.15. The lowest BCUT2D eigenvalue weighted by molar-refractivity contribution is -0.508. The number of nitro groups is 1. The summed E-state index contributed by atoms with van der Waals surface area (Å²) in [4.78, 5) is 21.8. The molecule has 1 rings (SSSR count). The van der Waals surface area contributed by atoms with E-state index in [4.69, 9.17) is 0 Å². The summed E-state index contributed by atoms with van der Waals surface area (Å²) in [6.07, 6.45) is 5.53. The molecule has 0 aromatic heterocycles. The minimum Gasteiger partial charge on any atom is -0.292 e. The number of aryl methyl sites for hydroxylation is 1. The number of hydrogen-bond donors (Lipinski definition) is 0. The summed E-state index contributed by atoms with van der Waals surface area (Å²) in [5.74, 6) is -0.251. The second-order valence-electron chi connectivity index (χ2n) is 5.06. The van der Waals surface area contributed by atoms with E-state index in [1.807, 2.05) is 18.2 Å². The maximum Gasteiger partial charge on any atom is 0.270 e. The van der Waals surface area contributed by atoms with Crippen LogP contribution < -0.4 is 0 Å². The molecule has 110 valence electrons. The van der Waals surface area contributed by atoms with Crippen molar-refractivity contribution in [2.45, 2.75) is 57.9 Å². The van der Waals surface area contributed by atoms with E-state index in [2.05, 4.69) is 12.1 Å². The lowest BCUT2D eigenvalue weighted by atomic mass is 10.0. The van der Waals surface area contributed by atoms with Crippen molar-refractivity contribution in [1.29, 1.82) is 0 Å². The average Bonchev–Trinajstić information content (AvgIpc) is 2.46. The van der Waals surface area contributed by atoms with E-state index in [-0.39, 0.29) is 12.2 Å². The fourth-order valence-corrected chi connectivity index (χ4v) is 2.28. The zero-order valence-corrected chi connectivity index (χ0v) is 12.1. The first-order valence-corrected chi connectivity index (χ1v) is 7.35. The van der Waals surface area contributed by atoms with Crippen LogP contribution in [-0.2, 0) is 11.2 Å². The van der Waals surface area contributed by atoms with E-state index < -0.39 is 11.0 Å². The molecule has 0 amide bonds. The van der Waals surface area contributed by atoms with Gasteiger partial charge >= 0.3 is 0 Å². The Kier molecular flexibility index (Phi) is 7.55. The van der Waals surface area contributed by atoms with Crippen molar-refractivity contribution in [3.63, 3.8) is 0 Å². The van der Waals surface area contributed by atoms with Crippen LogP contribution >= 0.6 is 0 Å². The summed E-state index contributed by atoms with van der Waals surface area (Å²) in [6.45, 7) is 1.68. The van der Waals surface area contributed by atoms with Gasteiger partial charge in [0.05, 0.1) is 0 Å². The minimum atomic E-state index is -0.992. The maximum absolute atomic E-state index is 11.4. The van der Waals surface area contributed by atoms with Crippen LogP contribution in [0.25, 0.3) is 0 Å². The van der Waals surface area contributed by atoms with Gasteiger partial charge in [-0.1, -0.05) is 50.1 Å². The number of Topliss-reactive ketones (excluding diaryl/α,β-unsaturated/α-hetero) is 1. The fourth-order valence-electron chi connectivity index (χ4n) is 2.28. The monoisotopic (exact) mass is 277 g/mol. The Morgan fingerprint density at radius 2 is 1.80 bits per heavy atom. The van der Waals surface area contributed by atoms with Crippen LogP contribution in [0.2, 0.25) is 0 Å². The van der Waals surface area contributed by atoms with E-state index in [0.29, 0.717) is 6.42 Å². The molecule has 1 aromatic rings. The van der Waals surface area contributed by atoms with Crippen molar-refractivity contribution in [3.05, 3.63) is 46.0 Å². The van der Waals surface area contributed by atoms with Crippen LogP contribution in [0.5, 0.6) is 0 Å². The molecule has 20 heavy (non-hydrogen) atoms. The van der Waals surface area contributed by atoms with E-state index in [9.17, 15) is 14.9 Å². The second-order valence-corrected chi connectivity index (χ2v) is 5.06. The van der Waals surface area contributed by atoms with Crippen molar-refractivity contribution in [1.82, 2.24) is 0 Å². The molecule has 0 spiro atoms. The first-order chi connectivity index (χ1) is 9.65. The molecule has 4 heteroatoms. The fraction of sp³-hybridized carbons (Fsp3) is 0.562. The van der Waals surface area contributed by atoms with Crippen molar-refractivity contribution < 1.29 is 9.72 Å². The van der Waals surface area contributed by atoms with Crippen LogP contribution in [0.3, 0.4) is 0 Å². The van der Waals surface area contributed by atoms with E-state index in [1.54, 1.807) is 6.92 Å². The lowest BCUT2D eigenvalue weighted by Gasteiger charge is -2.07. The zero-order valence-electron chi connectivity index (χ0n) is 12.1. The van der Waals surface area contributed by atoms with Gasteiger partial charge in [-0.05, 0) is 24.8 Å². The Labute approximate surface area is 120 Å². The summed E-state index contributed by atoms with van der Waals surface area (Å²) in [6, 6.07) is 9.31. The van der Waals surface area contributed by atoms with Crippen LogP contribution in [0.15, 0.2) is 30.3 Å². The number of benzene rings is 1.